The summed E-state index contributed by atoms with van der Waals surface area (Å²) in [5.74, 6) is 0.844. The molecule has 1 aromatic heterocycles. The van der Waals surface area contributed by atoms with Crippen LogP contribution in [0.5, 0.6) is 0 Å². The van der Waals surface area contributed by atoms with Crippen LogP contribution in [0.3, 0.4) is 0 Å². The van der Waals surface area contributed by atoms with Gasteiger partial charge in [-0.25, -0.2) is 0 Å². The third kappa shape index (κ3) is 7.44. The van der Waals surface area contributed by atoms with Gasteiger partial charge in [0.25, 0.3) is 0 Å². The second-order valence-corrected chi connectivity index (χ2v) is 4.58. The number of rotatable bonds is 9. The molecule has 20 heavy (non-hydrogen) atoms. The van der Waals surface area contributed by atoms with E-state index in [0.29, 0.717) is 18.1 Å². The molecule has 1 aromatic rings. The molecule has 0 amide bonds. The molecular formula is C12H20F3N3O2. The minimum Gasteiger partial charge on any atom is -0.372 e. The minimum absolute atomic E-state index is 0.0812. The van der Waals surface area contributed by atoms with Crippen LogP contribution >= 0.6 is 0 Å². The summed E-state index contributed by atoms with van der Waals surface area (Å²) < 4.78 is 45.1. The van der Waals surface area contributed by atoms with Crippen LogP contribution < -0.4 is 5.32 Å². The number of hydrogen-bond donors (Lipinski definition) is 1. The predicted molar refractivity (Wildman–Crippen MR) is 66.3 cm³/mol. The van der Waals surface area contributed by atoms with E-state index in [1.54, 1.807) is 0 Å². The van der Waals surface area contributed by atoms with E-state index in [-0.39, 0.29) is 19.1 Å². The average molecular weight is 295 g/mol. The zero-order valence-corrected chi connectivity index (χ0v) is 11.7. The predicted octanol–water partition coefficient (Wildman–Crippen LogP) is 2.12. The van der Waals surface area contributed by atoms with E-state index in [0.717, 1.165) is 13.0 Å². The molecule has 0 aromatic carbocycles. The molecule has 0 saturated carbocycles. The Labute approximate surface area is 115 Å². The van der Waals surface area contributed by atoms with Crippen LogP contribution in [0.2, 0.25) is 0 Å². The van der Waals surface area contributed by atoms with Crippen molar-refractivity contribution >= 4 is 0 Å². The van der Waals surface area contributed by atoms with E-state index in [2.05, 4.69) is 27.1 Å². The van der Waals surface area contributed by atoms with Gasteiger partial charge in [0.15, 0.2) is 5.82 Å². The van der Waals surface area contributed by atoms with Gasteiger partial charge in [0.1, 0.15) is 6.61 Å². The number of nitrogens with zero attached hydrogens (tertiary/aromatic N) is 2. The van der Waals surface area contributed by atoms with Crippen molar-refractivity contribution in [2.75, 3.05) is 19.8 Å². The molecule has 116 valence electrons. The van der Waals surface area contributed by atoms with Crippen molar-refractivity contribution in [2.45, 2.75) is 45.3 Å². The Morgan fingerprint density at radius 2 is 2.15 bits per heavy atom. The van der Waals surface area contributed by atoms with E-state index in [1.807, 2.05) is 6.92 Å². The fourth-order valence-electron chi connectivity index (χ4n) is 1.55. The highest BCUT2D eigenvalue weighted by atomic mass is 19.4. The molecule has 0 saturated heterocycles. The van der Waals surface area contributed by atoms with Crippen molar-refractivity contribution in [3.63, 3.8) is 0 Å². The van der Waals surface area contributed by atoms with Crippen molar-refractivity contribution in [1.82, 2.24) is 15.5 Å². The largest absolute Gasteiger partial charge is 0.411 e. The SMILES string of the molecule is CCCNC(C)Cc1nc(CCOCC(F)(F)F)no1. The third-order valence-electron chi connectivity index (χ3n) is 2.47. The summed E-state index contributed by atoms with van der Waals surface area (Å²) in [7, 11) is 0. The van der Waals surface area contributed by atoms with Crippen LogP contribution in [0.15, 0.2) is 4.52 Å². The lowest BCUT2D eigenvalue weighted by atomic mass is 10.2. The Kier molecular flexibility index (Phi) is 6.94. The van der Waals surface area contributed by atoms with Gasteiger partial charge in [0.05, 0.1) is 6.61 Å². The third-order valence-corrected chi connectivity index (χ3v) is 2.47. The molecule has 0 fully saturated rings. The molecule has 0 radical (unpaired) electrons. The van der Waals surface area contributed by atoms with Gasteiger partial charge in [0.2, 0.25) is 5.89 Å². The molecule has 0 aliphatic carbocycles. The number of halogens is 3. The van der Waals surface area contributed by atoms with Crippen LogP contribution in [-0.2, 0) is 17.6 Å². The maximum absolute atomic E-state index is 11.8. The first kappa shape index (κ1) is 16.9. The summed E-state index contributed by atoms with van der Waals surface area (Å²) in [4.78, 5) is 4.11. The van der Waals surface area contributed by atoms with Crippen molar-refractivity contribution in [3.05, 3.63) is 11.7 Å². The zero-order valence-electron chi connectivity index (χ0n) is 11.7. The summed E-state index contributed by atoms with van der Waals surface area (Å²) in [5.41, 5.74) is 0. The van der Waals surface area contributed by atoms with Gasteiger partial charge in [-0.3, -0.25) is 0 Å². The lowest BCUT2D eigenvalue weighted by Crippen LogP contribution is -2.28. The maximum Gasteiger partial charge on any atom is 0.411 e. The first-order valence-corrected chi connectivity index (χ1v) is 6.60. The summed E-state index contributed by atoms with van der Waals surface area (Å²) in [6.45, 7) is 3.66. The number of aromatic nitrogens is 2. The number of nitrogens with one attached hydrogen (secondary N) is 1. The van der Waals surface area contributed by atoms with Gasteiger partial charge in [-0.15, -0.1) is 0 Å². The molecule has 1 rings (SSSR count). The monoisotopic (exact) mass is 295 g/mol. The van der Waals surface area contributed by atoms with Gasteiger partial charge in [0, 0.05) is 18.9 Å². The molecule has 1 N–H and O–H groups in total. The summed E-state index contributed by atoms with van der Waals surface area (Å²) in [6, 6.07) is 0.213. The number of alkyl halides is 3. The molecule has 1 unspecified atom stereocenters. The Morgan fingerprint density at radius 3 is 2.80 bits per heavy atom. The second kappa shape index (κ2) is 8.21. The van der Waals surface area contributed by atoms with Crippen LogP contribution in [0, 0.1) is 0 Å². The molecule has 8 heteroatoms. The molecule has 0 aliphatic rings. The second-order valence-electron chi connectivity index (χ2n) is 4.58. The molecular weight excluding hydrogens is 275 g/mol. The van der Waals surface area contributed by atoms with Crippen molar-refractivity contribution in [2.24, 2.45) is 0 Å². The molecule has 0 aliphatic heterocycles. The molecule has 0 spiro atoms. The molecule has 0 bridgehead atoms. The lowest BCUT2D eigenvalue weighted by molar-refractivity contribution is -0.173. The van der Waals surface area contributed by atoms with Gasteiger partial charge in [-0.2, -0.15) is 18.2 Å². The van der Waals surface area contributed by atoms with E-state index >= 15 is 0 Å². The Bertz CT molecular complexity index is 382. The first-order valence-electron chi connectivity index (χ1n) is 6.60. The van der Waals surface area contributed by atoms with Gasteiger partial charge >= 0.3 is 6.18 Å². The number of ether oxygens (including phenoxy) is 1. The van der Waals surface area contributed by atoms with Gasteiger partial charge < -0.3 is 14.6 Å². The van der Waals surface area contributed by atoms with Crippen LogP contribution in [-0.4, -0.2) is 42.1 Å². The van der Waals surface area contributed by atoms with E-state index in [4.69, 9.17) is 4.52 Å². The van der Waals surface area contributed by atoms with Crippen molar-refractivity contribution < 1.29 is 22.4 Å². The van der Waals surface area contributed by atoms with E-state index in [1.165, 1.54) is 0 Å². The number of hydrogen-bond acceptors (Lipinski definition) is 5. The maximum atomic E-state index is 11.8. The zero-order chi connectivity index (χ0) is 15.0. The molecule has 5 nitrogen and oxygen atoms in total. The standard InChI is InChI=1S/C12H20F3N3O2/c1-3-5-16-9(2)7-11-17-10(18-20-11)4-6-19-8-12(13,14)15/h9,16H,3-8H2,1-2H3. The van der Waals surface area contributed by atoms with E-state index in [9.17, 15) is 13.2 Å². The highest BCUT2D eigenvalue weighted by Gasteiger charge is 2.27. The minimum atomic E-state index is -4.30. The summed E-state index contributed by atoms with van der Waals surface area (Å²) >= 11 is 0. The van der Waals surface area contributed by atoms with Crippen molar-refractivity contribution in [3.8, 4) is 0 Å². The van der Waals surface area contributed by atoms with Crippen LogP contribution in [0.25, 0.3) is 0 Å². The Balaban J connectivity index is 2.25. The Morgan fingerprint density at radius 1 is 1.40 bits per heavy atom. The van der Waals surface area contributed by atoms with E-state index < -0.39 is 12.8 Å². The van der Waals surface area contributed by atoms with Crippen LogP contribution in [0.4, 0.5) is 13.2 Å². The van der Waals surface area contributed by atoms with Crippen molar-refractivity contribution in [1.29, 1.82) is 0 Å². The highest BCUT2D eigenvalue weighted by Crippen LogP contribution is 2.14. The highest BCUT2D eigenvalue weighted by molar-refractivity contribution is 4.89. The summed E-state index contributed by atoms with van der Waals surface area (Å²) in [5, 5.41) is 6.99. The average Bonchev–Trinajstić information content (AvgIpc) is 2.78. The topological polar surface area (TPSA) is 60.2 Å². The normalized spacial score (nSPS) is 13.7. The fourth-order valence-corrected chi connectivity index (χ4v) is 1.55. The quantitative estimate of drug-likeness (QED) is 0.707. The Hall–Kier alpha value is -1.15. The van der Waals surface area contributed by atoms with Crippen LogP contribution in [0.1, 0.15) is 32.0 Å². The van der Waals surface area contributed by atoms with Gasteiger partial charge in [-0.1, -0.05) is 12.1 Å². The molecule has 1 heterocycles. The summed E-state index contributed by atoms with van der Waals surface area (Å²) in [6.07, 6.45) is -2.47. The molecule has 1 atom stereocenters. The van der Waals surface area contributed by atoms with Gasteiger partial charge in [-0.05, 0) is 19.9 Å². The smallest absolute Gasteiger partial charge is 0.372 e. The first-order chi connectivity index (χ1) is 9.40. The fraction of sp³-hybridized carbons (Fsp3) is 0.833. The lowest BCUT2D eigenvalue weighted by Gasteiger charge is -2.09.